The Bertz CT molecular complexity index is 1040. The number of carbonyl (C=O) groups is 2. The van der Waals surface area contributed by atoms with Gasteiger partial charge in [-0.3, -0.25) is 9.36 Å². The molecule has 30 heavy (non-hydrogen) atoms. The Morgan fingerprint density at radius 1 is 1.13 bits per heavy atom. The van der Waals surface area contributed by atoms with E-state index in [1.54, 1.807) is 35.9 Å². The molecular weight excluding hydrogens is 409 g/mol. The number of carbonyl (C=O) groups excluding carboxylic acids is 2. The normalized spacial score (nSPS) is 11.6. The van der Waals surface area contributed by atoms with E-state index in [0.29, 0.717) is 22.3 Å². The van der Waals surface area contributed by atoms with Crippen molar-refractivity contribution in [3.63, 3.8) is 0 Å². The van der Waals surface area contributed by atoms with E-state index in [2.05, 4.69) is 10.3 Å². The number of aromatic nitrogens is 2. The third kappa shape index (κ3) is 4.80. The van der Waals surface area contributed by atoms with Gasteiger partial charge in [-0.05, 0) is 61.7 Å². The van der Waals surface area contributed by atoms with Gasteiger partial charge < -0.3 is 14.8 Å². The van der Waals surface area contributed by atoms with E-state index in [9.17, 15) is 14.0 Å². The highest BCUT2D eigenvalue weighted by atomic mass is 32.2. The van der Waals surface area contributed by atoms with Crippen LogP contribution in [0.25, 0.3) is 5.69 Å². The lowest BCUT2D eigenvalue weighted by molar-refractivity contribution is -0.123. The lowest BCUT2D eigenvalue weighted by atomic mass is 10.3. The van der Waals surface area contributed by atoms with Crippen LogP contribution < -0.4 is 10.1 Å². The number of hydrogen-bond donors (Lipinski definition) is 1. The molecule has 0 aliphatic rings. The lowest BCUT2D eigenvalue weighted by Crippen LogP contribution is -2.30. The van der Waals surface area contributed by atoms with Crippen molar-refractivity contribution in [2.24, 2.45) is 0 Å². The van der Waals surface area contributed by atoms with Gasteiger partial charge in [0.1, 0.15) is 11.6 Å². The maximum absolute atomic E-state index is 13.3. The van der Waals surface area contributed by atoms with E-state index in [1.165, 1.54) is 49.1 Å². The molecular formula is C21H20FN3O4S. The molecule has 3 aromatic rings. The average Bonchev–Trinajstić information content (AvgIpc) is 3.19. The lowest BCUT2D eigenvalue weighted by Gasteiger charge is -2.15. The van der Waals surface area contributed by atoms with Gasteiger partial charge in [-0.1, -0.05) is 11.8 Å². The number of esters is 1. The van der Waals surface area contributed by atoms with Crippen LogP contribution in [0.4, 0.5) is 10.1 Å². The standard InChI is InChI=1S/C21H20FN3O4S/c1-13(19(26)24-15-6-10-17(28-2)11-7-15)29-20(27)18-12-23-21(30-3)25(18)16-8-4-14(22)5-9-16/h4-13H,1-3H3,(H,24,26). The van der Waals surface area contributed by atoms with Crippen LogP contribution in [-0.2, 0) is 9.53 Å². The highest BCUT2D eigenvalue weighted by Crippen LogP contribution is 2.23. The van der Waals surface area contributed by atoms with Crippen LogP contribution in [0.5, 0.6) is 5.75 Å². The maximum atomic E-state index is 13.3. The number of amides is 1. The van der Waals surface area contributed by atoms with Gasteiger partial charge in [-0.25, -0.2) is 14.2 Å². The van der Waals surface area contributed by atoms with E-state index in [-0.39, 0.29) is 5.69 Å². The smallest absolute Gasteiger partial charge is 0.357 e. The summed E-state index contributed by atoms with van der Waals surface area (Å²) in [5.41, 5.74) is 1.24. The second-order valence-electron chi connectivity index (χ2n) is 6.21. The Morgan fingerprint density at radius 3 is 2.40 bits per heavy atom. The number of methoxy groups -OCH3 is 1. The zero-order chi connectivity index (χ0) is 21.7. The van der Waals surface area contributed by atoms with E-state index >= 15 is 0 Å². The molecule has 0 fully saturated rings. The second kappa shape index (κ2) is 9.45. The monoisotopic (exact) mass is 429 g/mol. The Morgan fingerprint density at radius 2 is 1.80 bits per heavy atom. The number of anilines is 1. The second-order valence-corrected chi connectivity index (χ2v) is 6.98. The van der Waals surface area contributed by atoms with Crippen LogP contribution in [0.3, 0.4) is 0 Å². The summed E-state index contributed by atoms with van der Waals surface area (Å²) >= 11 is 1.32. The molecule has 0 bridgehead atoms. The number of halogens is 1. The van der Waals surface area contributed by atoms with Crippen molar-refractivity contribution in [3.8, 4) is 11.4 Å². The predicted octanol–water partition coefficient (Wildman–Crippen LogP) is 3.93. The zero-order valence-electron chi connectivity index (χ0n) is 16.6. The molecule has 1 aromatic heterocycles. The first-order valence-corrected chi connectivity index (χ1v) is 10.2. The van der Waals surface area contributed by atoms with Crippen molar-refractivity contribution in [1.82, 2.24) is 9.55 Å². The van der Waals surface area contributed by atoms with Crippen LogP contribution in [0, 0.1) is 5.82 Å². The van der Waals surface area contributed by atoms with Crippen molar-refractivity contribution >= 4 is 29.3 Å². The SMILES string of the molecule is COc1ccc(NC(=O)C(C)OC(=O)c2cnc(SC)n2-c2ccc(F)cc2)cc1. The van der Waals surface area contributed by atoms with Gasteiger partial charge in [0.05, 0.1) is 13.3 Å². The first-order valence-electron chi connectivity index (χ1n) is 8.96. The largest absolute Gasteiger partial charge is 0.497 e. The van der Waals surface area contributed by atoms with Gasteiger partial charge in [0, 0.05) is 11.4 Å². The number of nitrogens with one attached hydrogen (secondary N) is 1. The number of ether oxygens (including phenoxy) is 2. The number of rotatable bonds is 7. The molecule has 1 atom stereocenters. The van der Waals surface area contributed by atoms with E-state index in [0.717, 1.165) is 0 Å². The van der Waals surface area contributed by atoms with Crippen molar-refractivity contribution in [2.45, 2.75) is 18.2 Å². The van der Waals surface area contributed by atoms with Crippen LogP contribution in [0.15, 0.2) is 59.9 Å². The van der Waals surface area contributed by atoms with Crippen molar-refractivity contribution < 1.29 is 23.5 Å². The van der Waals surface area contributed by atoms with E-state index in [1.807, 2.05) is 6.26 Å². The predicted molar refractivity (Wildman–Crippen MR) is 112 cm³/mol. The fraction of sp³-hybridized carbons (Fsp3) is 0.190. The summed E-state index contributed by atoms with van der Waals surface area (Å²) < 4.78 is 25.3. The molecule has 0 aliphatic carbocycles. The van der Waals surface area contributed by atoms with Crippen LogP contribution in [-0.4, -0.2) is 40.9 Å². The third-order valence-electron chi connectivity index (χ3n) is 4.22. The average molecular weight is 429 g/mol. The molecule has 0 aliphatic heterocycles. The molecule has 156 valence electrons. The van der Waals surface area contributed by atoms with Gasteiger partial charge in [-0.2, -0.15) is 0 Å². The minimum Gasteiger partial charge on any atom is -0.497 e. The summed E-state index contributed by atoms with van der Waals surface area (Å²) in [5.74, 6) is -0.931. The van der Waals surface area contributed by atoms with Gasteiger partial charge in [0.15, 0.2) is 17.0 Å². The zero-order valence-corrected chi connectivity index (χ0v) is 17.4. The molecule has 0 spiro atoms. The molecule has 1 heterocycles. The van der Waals surface area contributed by atoms with Crippen LogP contribution in [0.1, 0.15) is 17.4 Å². The highest BCUT2D eigenvalue weighted by molar-refractivity contribution is 7.98. The summed E-state index contributed by atoms with van der Waals surface area (Å²) in [4.78, 5) is 29.3. The number of thioether (sulfide) groups is 1. The fourth-order valence-corrected chi connectivity index (χ4v) is 3.20. The van der Waals surface area contributed by atoms with Gasteiger partial charge >= 0.3 is 5.97 Å². The topological polar surface area (TPSA) is 82.4 Å². The fourth-order valence-electron chi connectivity index (χ4n) is 2.66. The number of imidazole rings is 1. The first kappa shape index (κ1) is 21.4. The molecule has 1 N–H and O–H groups in total. The number of nitrogens with zero attached hydrogens (tertiary/aromatic N) is 2. The molecule has 3 rings (SSSR count). The number of hydrogen-bond acceptors (Lipinski definition) is 6. The summed E-state index contributed by atoms with van der Waals surface area (Å²) in [6.07, 6.45) is 2.13. The minimum absolute atomic E-state index is 0.134. The summed E-state index contributed by atoms with van der Waals surface area (Å²) in [6.45, 7) is 1.48. The Labute approximate surface area is 177 Å². The molecule has 0 saturated heterocycles. The van der Waals surface area contributed by atoms with Gasteiger partial charge in [0.25, 0.3) is 5.91 Å². The highest BCUT2D eigenvalue weighted by Gasteiger charge is 2.24. The minimum atomic E-state index is -1.05. The molecule has 2 aromatic carbocycles. The van der Waals surface area contributed by atoms with Crippen molar-refractivity contribution in [1.29, 1.82) is 0 Å². The van der Waals surface area contributed by atoms with E-state index in [4.69, 9.17) is 9.47 Å². The van der Waals surface area contributed by atoms with Crippen molar-refractivity contribution in [2.75, 3.05) is 18.7 Å². The molecule has 0 radical (unpaired) electrons. The maximum Gasteiger partial charge on any atom is 0.357 e. The van der Waals surface area contributed by atoms with Crippen LogP contribution in [0.2, 0.25) is 0 Å². The Kier molecular flexibility index (Phi) is 6.73. The number of benzene rings is 2. The quantitative estimate of drug-likeness (QED) is 0.453. The first-order chi connectivity index (χ1) is 14.4. The summed E-state index contributed by atoms with van der Waals surface area (Å²) in [7, 11) is 1.55. The molecule has 9 heteroatoms. The molecule has 7 nitrogen and oxygen atoms in total. The Hall–Kier alpha value is -3.33. The van der Waals surface area contributed by atoms with E-state index < -0.39 is 23.8 Å². The van der Waals surface area contributed by atoms with Crippen LogP contribution >= 0.6 is 11.8 Å². The van der Waals surface area contributed by atoms with Gasteiger partial charge in [0.2, 0.25) is 0 Å². The molecule has 0 saturated carbocycles. The molecule has 1 amide bonds. The van der Waals surface area contributed by atoms with Crippen molar-refractivity contribution in [3.05, 3.63) is 66.2 Å². The summed E-state index contributed by atoms with van der Waals surface area (Å²) in [5, 5.41) is 3.21. The Balaban J connectivity index is 1.74. The molecule has 1 unspecified atom stereocenters. The third-order valence-corrected chi connectivity index (χ3v) is 4.87. The van der Waals surface area contributed by atoms with Gasteiger partial charge in [-0.15, -0.1) is 0 Å². The summed E-state index contributed by atoms with van der Waals surface area (Å²) in [6, 6.07) is 12.4.